The van der Waals surface area contributed by atoms with E-state index in [4.69, 9.17) is 11.6 Å². The van der Waals surface area contributed by atoms with E-state index in [-0.39, 0.29) is 6.04 Å². The van der Waals surface area contributed by atoms with Gasteiger partial charge in [0.25, 0.3) is 0 Å². The first-order chi connectivity index (χ1) is 9.04. The maximum atomic E-state index is 11.6. The molecule has 0 spiro atoms. The summed E-state index contributed by atoms with van der Waals surface area (Å²) in [6.07, 6.45) is -0.0794. The van der Waals surface area contributed by atoms with Crippen molar-refractivity contribution >= 4 is 23.4 Å². The average Bonchev–Trinajstić information content (AvgIpc) is 2.81. The molecule has 0 aromatic heterocycles. The molecule has 19 heavy (non-hydrogen) atoms. The summed E-state index contributed by atoms with van der Waals surface area (Å²) in [6.45, 7) is 6.64. The number of hydrogen-bond donors (Lipinski definition) is 1. The summed E-state index contributed by atoms with van der Waals surface area (Å²) >= 11 is 6.20. The number of aryl methyl sites for hydroxylation is 1. The van der Waals surface area contributed by atoms with Crippen molar-refractivity contribution < 1.29 is 9.90 Å². The van der Waals surface area contributed by atoms with Crippen molar-refractivity contribution in [2.24, 2.45) is 0 Å². The average molecular weight is 283 g/mol. The van der Waals surface area contributed by atoms with Crippen LogP contribution in [-0.2, 0) is 0 Å². The molecule has 1 fully saturated rings. The third-order valence-electron chi connectivity index (χ3n) is 3.70. The summed E-state index contributed by atoms with van der Waals surface area (Å²) in [5.74, 6) is 0. The highest BCUT2D eigenvalue weighted by Crippen LogP contribution is 2.33. The summed E-state index contributed by atoms with van der Waals surface area (Å²) < 4.78 is 0. The second-order valence-corrected chi connectivity index (χ2v) is 5.30. The monoisotopic (exact) mass is 282 g/mol. The second-order valence-electron chi connectivity index (χ2n) is 4.89. The number of carbonyl (C=O) groups is 1. The first-order valence-corrected chi connectivity index (χ1v) is 6.92. The summed E-state index contributed by atoms with van der Waals surface area (Å²) in [6, 6.07) is 5.46. The molecule has 0 radical (unpaired) electrons. The zero-order valence-electron chi connectivity index (χ0n) is 11.3. The number of likely N-dealkylation sites (N-methyl/N-ethyl adjacent to an activating group) is 1. The van der Waals surface area contributed by atoms with E-state index in [9.17, 15) is 9.90 Å². The van der Waals surface area contributed by atoms with Gasteiger partial charge in [0.15, 0.2) is 0 Å². The zero-order valence-corrected chi connectivity index (χ0v) is 12.0. The van der Waals surface area contributed by atoms with Gasteiger partial charge in [-0.1, -0.05) is 30.7 Å². The highest BCUT2D eigenvalue weighted by molar-refractivity contribution is 6.34. The van der Waals surface area contributed by atoms with Crippen molar-refractivity contribution in [2.75, 3.05) is 24.5 Å². The molecule has 104 valence electrons. The van der Waals surface area contributed by atoms with Crippen LogP contribution in [0.25, 0.3) is 0 Å². The Morgan fingerprint density at radius 1 is 1.58 bits per heavy atom. The number of carboxylic acid groups (broad SMARTS) is 1. The number of anilines is 1. The first-order valence-electron chi connectivity index (χ1n) is 6.54. The molecular weight excluding hydrogens is 264 g/mol. The fraction of sp³-hybridized carbons (Fsp3) is 0.500. The predicted octanol–water partition coefficient (Wildman–Crippen LogP) is 3.23. The van der Waals surface area contributed by atoms with Gasteiger partial charge in [0.05, 0.1) is 16.8 Å². The third kappa shape index (κ3) is 2.85. The lowest BCUT2D eigenvalue weighted by Crippen LogP contribution is -2.42. The SMILES string of the molecule is CCN1CCC(N(C(=O)O)c2c(C)cccc2Cl)C1. The fourth-order valence-electron chi connectivity index (χ4n) is 2.67. The first kappa shape index (κ1) is 14.2. The second kappa shape index (κ2) is 5.80. The van der Waals surface area contributed by atoms with Crippen molar-refractivity contribution in [1.82, 2.24) is 4.90 Å². The molecule has 1 heterocycles. The molecule has 1 aliphatic rings. The van der Waals surface area contributed by atoms with Crippen molar-refractivity contribution in [3.63, 3.8) is 0 Å². The number of benzene rings is 1. The Bertz CT molecular complexity index is 458. The van der Waals surface area contributed by atoms with E-state index in [0.29, 0.717) is 10.7 Å². The molecule has 4 nitrogen and oxygen atoms in total. The molecular formula is C14H19ClN2O2. The molecule has 5 heteroatoms. The molecule has 1 N–H and O–H groups in total. The smallest absolute Gasteiger partial charge is 0.412 e. The largest absolute Gasteiger partial charge is 0.465 e. The van der Waals surface area contributed by atoms with Crippen LogP contribution in [-0.4, -0.2) is 41.8 Å². The van der Waals surface area contributed by atoms with Gasteiger partial charge in [-0.05, 0) is 31.5 Å². The molecule has 1 amide bonds. The van der Waals surface area contributed by atoms with Crippen LogP contribution in [0.2, 0.25) is 5.02 Å². The lowest BCUT2D eigenvalue weighted by atomic mass is 10.1. The Morgan fingerprint density at radius 2 is 2.32 bits per heavy atom. The van der Waals surface area contributed by atoms with Crippen LogP contribution in [0, 0.1) is 6.92 Å². The highest BCUT2D eigenvalue weighted by Gasteiger charge is 2.32. The van der Waals surface area contributed by atoms with Crippen molar-refractivity contribution in [1.29, 1.82) is 0 Å². The molecule has 2 rings (SSSR count). The summed E-state index contributed by atoms with van der Waals surface area (Å²) in [7, 11) is 0. The number of amides is 1. The van der Waals surface area contributed by atoms with E-state index < -0.39 is 6.09 Å². The molecule has 0 bridgehead atoms. The normalized spacial score (nSPS) is 19.6. The Morgan fingerprint density at radius 3 is 2.84 bits per heavy atom. The topological polar surface area (TPSA) is 43.8 Å². The van der Waals surface area contributed by atoms with Crippen LogP contribution in [0.1, 0.15) is 18.9 Å². The van der Waals surface area contributed by atoms with E-state index in [2.05, 4.69) is 11.8 Å². The molecule has 1 aromatic carbocycles. The quantitative estimate of drug-likeness (QED) is 0.926. The van der Waals surface area contributed by atoms with Crippen LogP contribution in [0.4, 0.5) is 10.5 Å². The van der Waals surface area contributed by atoms with Crippen molar-refractivity contribution in [3.8, 4) is 0 Å². The summed E-state index contributed by atoms with van der Waals surface area (Å²) in [5, 5.41) is 10.0. The van der Waals surface area contributed by atoms with E-state index in [1.54, 1.807) is 6.07 Å². The number of hydrogen-bond acceptors (Lipinski definition) is 2. The highest BCUT2D eigenvalue weighted by atomic mass is 35.5. The van der Waals surface area contributed by atoms with Crippen LogP contribution < -0.4 is 4.90 Å². The summed E-state index contributed by atoms with van der Waals surface area (Å²) in [5.41, 5.74) is 1.52. The van der Waals surface area contributed by atoms with Crippen LogP contribution in [0.5, 0.6) is 0 Å². The zero-order chi connectivity index (χ0) is 14.0. The number of halogens is 1. The van der Waals surface area contributed by atoms with Gasteiger partial charge in [-0.3, -0.25) is 4.90 Å². The number of rotatable bonds is 3. The minimum Gasteiger partial charge on any atom is -0.465 e. The van der Waals surface area contributed by atoms with Gasteiger partial charge < -0.3 is 10.0 Å². The van der Waals surface area contributed by atoms with Gasteiger partial charge in [0.2, 0.25) is 0 Å². The standard InChI is InChI=1S/C14H19ClN2O2/c1-3-16-8-7-11(9-16)17(14(18)19)13-10(2)5-4-6-12(13)15/h4-6,11H,3,7-9H2,1-2H3,(H,18,19). The Balaban J connectivity index is 2.34. The third-order valence-corrected chi connectivity index (χ3v) is 4.00. The Kier molecular flexibility index (Phi) is 4.32. The minimum absolute atomic E-state index is 0.0175. The minimum atomic E-state index is -0.931. The lowest BCUT2D eigenvalue weighted by molar-refractivity contribution is 0.198. The van der Waals surface area contributed by atoms with Crippen molar-refractivity contribution in [3.05, 3.63) is 28.8 Å². The molecule has 1 aliphatic heterocycles. The maximum Gasteiger partial charge on any atom is 0.412 e. The van der Waals surface area contributed by atoms with Gasteiger partial charge >= 0.3 is 6.09 Å². The number of para-hydroxylation sites is 1. The van der Waals surface area contributed by atoms with Crippen LogP contribution in [0.15, 0.2) is 18.2 Å². The molecule has 1 unspecified atom stereocenters. The molecule has 1 saturated heterocycles. The Hall–Kier alpha value is -1.26. The lowest BCUT2D eigenvalue weighted by Gasteiger charge is -2.28. The number of nitrogens with zero attached hydrogens (tertiary/aromatic N) is 2. The molecule has 0 aliphatic carbocycles. The molecule has 1 atom stereocenters. The number of likely N-dealkylation sites (tertiary alicyclic amines) is 1. The molecule has 1 aromatic rings. The van der Waals surface area contributed by atoms with Gasteiger partial charge in [-0.15, -0.1) is 0 Å². The van der Waals surface area contributed by atoms with Gasteiger partial charge in [0.1, 0.15) is 0 Å². The molecule has 0 saturated carbocycles. The Labute approximate surface area is 118 Å². The van der Waals surface area contributed by atoms with E-state index in [1.165, 1.54) is 4.90 Å². The van der Waals surface area contributed by atoms with Gasteiger partial charge in [-0.2, -0.15) is 0 Å². The van der Waals surface area contributed by atoms with E-state index >= 15 is 0 Å². The van der Waals surface area contributed by atoms with E-state index in [0.717, 1.165) is 31.6 Å². The maximum absolute atomic E-state index is 11.6. The van der Waals surface area contributed by atoms with Crippen LogP contribution in [0.3, 0.4) is 0 Å². The predicted molar refractivity (Wildman–Crippen MR) is 77.2 cm³/mol. The van der Waals surface area contributed by atoms with E-state index in [1.807, 2.05) is 19.1 Å². The summed E-state index contributed by atoms with van der Waals surface area (Å²) in [4.78, 5) is 15.3. The van der Waals surface area contributed by atoms with Crippen LogP contribution >= 0.6 is 11.6 Å². The van der Waals surface area contributed by atoms with Gasteiger partial charge in [0, 0.05) is 13.1 Å². The fourth-order valence-corrected chi connectivity index (χ4v) is 2.99. The van der Waals surface area contributed by atoms with Crippen molar-refractivity contribution in [2.45, 2.75) is 26.3 Å². The van der Waals surface area contributed by atoms with Gasteiger partial charge in [-0.25, -0.2) is 4.79 Å².